The van der Waals surface area contributed by atoms with Gasteiger partial charge in [0.15, 0.2) is 0 Å². The summed E-state index contributed by atoms with van der Waals surface area (Å²) >= 11 is 0. The molecule has 1 aliphatic rings. The number of aliphatic imine (C=N–C) groups is 1. The van der Waals surface area contributed by atoms with Crippen LogP contribution < -0.4 is 51.4 Å². The molecule has 12 heavy (non-hydrogen) atoms. The molecule has 0 fully saturated rings. The molecule has 2 heterocycles. The van der Waals surface area contributed by atoms with E-state index in [9.17, 15) is 4.39 Å². The number of rotatable bonds is 0. The van der Waals surface area contributed by atoms with Crippen molar-refractivity contribution in [2.24, 2.45) is 4.99 Å². The maximum absolute atomic E-state index is 12.9. The van der Waals surface area contributed by atoms with Gasteiger partial charge in [0.25, 0.3) is 0 Å². The first kappa shape index (κ1) is 10.4. The third-order valence-electron chi connectivity index (χ3n) is 1.71. The van der Waals surface area contributed by atoms with Gasteiger partial charge in [0, 0.05) is 17.9 Å². The van der Waals surface area contributed by atoms with E-state index in [1.165, 1.54) is 6.20 Å². The Kier molecular flexibility index (Phi) is 3.48. The Morgan fingerprint density at radius 2 is 2.42 bits per heavy atom. The molecule has 0 radical (unpaired) electrons. The van der Waals surface area contributed by atoms with Gasteiger partial charge in [-0.3, -0.25) is 4.99 Å². The van der Waals surface area contributed by atoms with E-state index in [2.05, 4.69) is 15.3 Å². The molecule has 1 aromatic rings. The van der Waals surface area contributed by atoms with Gasteiger partial charge in [-0.15, -0.1) is 0 Å². The molecule has 58 valence electrons. The van der Waals surface area contributed by atoms with Gasteiger partial charge >= 0.3 is 51.4 Å². The van der Waals surface area contributed by atoms with Gasteiger partial charge < -0.3 is 10.3 Å². The van der Waals surface area contributed by atoms with E-state index in [-0.39, 0.29) is 57.2 Å². The number of nitrogens with one attached hydrogen (secondary N) is 1. The minimum atomic E-state index is -0.273. The van der Waals surface area contributed by atoms with Crippen LogP contribution in [0.1, 0.15) is 12.5 Å². The maximum Gasteiger partial charge on any atom is 1.00 e. The Bertz CT molecular complexity index is 318. The van der Waals surface area contributed by atoms with Gasteiger partial charge in [0.2, 0.25) is 0 Å². The second kappa shape index (κ2) is 4.02. The first-order chi connectivity index (χ1) is 5.29. The molecule has 0 amide bonds. The summed E-state index contributed by atoms with van der Waals surface area (Å²) in [5, 5.41) is 3.98. The van der Waals surface area contributed by atoms with Crippen molar-refractivity contribution in [2.45, 2.75) is 6.92 Å². The molecule has 3 nitrogen and oxygen atoms in total. The van der Waals surface area contributed by atoms with Crippen LogP contribution in [0.2, 0.25) is 0 Å². The number of aromatic amines is 1. The van der Waals surface area contributed by atoms with Crippen LogP contribution in [0.4, 0.5) is 10.2 Å². The molecular formula is C7H7FKN3. The Balaban J connectivity index is 0.000000720. The van der Waals surface area contributed by atoms with Gasteiger partial charge in [-0.1, -0.05) is 5.82 Å². The zero-order valence-corrected chi connectivity index (χ0v) is 10.2. The van der Waals surface area contributed by atoms with Crippen LogP contribution in [0.5, 0.6) is 0 Å². The van der Waals surface area contributed by atoms with Crippen LogP contribution in [0.15, 0.2) is 11.2 Å². The molecule has 0 aromatic carbocycles. The van der Waals surface area contributed by atoms with E-state index in [4.69, 9.17) is 0 Å². The predicted molar refractivity (Wildman–Crippen MR) is 40.8 cm³/mol. The summed E-state index contributed by atoms with van der Waals surface area (Å²) < 4.78 is 12.9. The third-order valence-corrected chi connectivity index (χ3v) is 1.71. The Labute approximate surface area is 112 Å². The largest absolute Gasteiger partial charge is 1.00 e. The van der Waals surface area contributed by atoms with E-state index < -0.39 is 0 Å². The molecule has 1 aromatic heterocycles. The topological polar surface area (TPSA) is 42.2 Å². The second-order valence-electron chi connectivity index (χ2n) is 2.40. The number of H-pyrrole nitrogens is 1. The summed E-state index contributed by atoms with van der Waals surface area (Å²) in [6, 6.07) is 0. The molecule has 0 aliphatic carbocycles. The average Bonchev–Trinajstić information content (AvgIpc) is 2.34. The fourth-order valence-electron chi connectivity index (χ4n) is 1.15. The van der Waals surface area contributed by atoms with Crippen molar-refractivity contribution < 1.29 is 55.8 Å². The fourth-order valence-corrected chi connectivity index (χ4v) is 1.15. The standard InChI is InChI=1S/C7H7FN3.K/c1-4-6-5(8)2-9-7(6)11-3-10-4;/h2,9H,3H2,1H3;/q-1;+1. The van der Waals surface area contributed by atoms with Gasteiger partial charge in [-0.2, -0.15) is 0 Å². The van der Waals surface area contributed by atoms with Gasteiger partial charge in [-0.25, -0.2) is 4.39 Å². The number of nitrogens with zero attached hydrogens (tertiary/aromatic N) is 2. The minimum absolute atomic E-state index is 0. The zero-order chi connectivity index (χ0) is 7.84. The summed E-state index contributed by atoms with van der Waals surface area (Å²) in [7, 11) is 0. The first-order valence-electron chi connectivity index (χ1n) is 3.35. The number of hydrogen-bond donors (Lipinski definition) is 1. The van der Waals surface area contributed by atoms with Crippen LogP contribution in [0, 0.1) is 5.82 Å². The molecule has 5 heteroatoms. The van der Waals surface area contributed by atoms with Crippen molar-refractivity contribution in [3.8, 4) is 0 Å². The van der Waals surface area contributed by atoms with Crippen molar-refractivity contribution in [3.05, 3.63) is 22.9 Å². The molecule has 0 saturated heterocycles. The van der Waals surface area contributed by atoms with Crippen molar-refractivity contribution in [1.82, 2.24) is 4.98 Å². The van der Waals surface area contributed by atoms with Crippen LogP contribution >= 0.6 is 0 Å². The molecule has 0 saturated carbocycles. The quantitative estimate of drug-likeness (QED) is 0.508. The predicted octanol–water partition coefficient (Wildman–Crippen LogP) is -1.06. The molecular weight excluding hydrogens is 184 g/mol. The van der Waals surface area contributed by atoms with E-state index in [0.29, 0.717) is 23.8 Å². The molecule has 0 atom stereocenters. The van der Waals surface area contributed by atoms with E-state index in [0.717, 1.165) is 0 Å². The molecule has 0 spiro atoms. The second-order valence-corrected chi connectivity index (χ2v) is 2.40. The molecule has 0 unspecified atom stereocenters. The van der Waals surface area contributed by atoms with Gasteiger partial charge in [0.05, 0.1) is 0 Å². The van der Waals surface area contributed by atoms with Crippen LogP contribution in [-0.4, -0.2) is 17.4 Å². The van der Waals surface area contributed by atoms with Crippen molar-refractivity contribution in [1.29, 1.82) is 0 Å². The van der Waals surface area contributed by atoms with Crippen LogP contribution in [-0.2, 0) is 0 Å². The smallest absolute Gasteiger partial charge is 0.460 e. The van der Waals surface area contributed by atoms with E-state index in [1.54, 1.807) is 6.92 Å². The normalized spacial score (nSPS) is 14.0. The molecule has 0 bridgehead atoms. The Morgan fingerprint density at radius 3 is 3.08 bits per heavy atom. The Hall–Kier alpha value is 0.316. The summed E-state index contributed by atoms with van der Waals surface area (Å²) in [4.78, 5) is 6.73. The van der Waals surface area contributed by atoms with Crippen LogP contribution in [0.3, 0.4) is 0 Å². The summed E-state index contributed by atoms with van der Waals surface area (Å²) in [6.07, 6.45) is 1.30. The number of fused-ring (bicyclic) bond motifs is 1. The van der Waals surface area contributed by atoms with Crippen LogP contribution in [0.25, 0.3) is 5.32 Å². The Morgan fingerprint density at radius 1 is 1.67 bits per heavy atom. The third kappa shape index (κ3) is 1.65. The monoisotopic (exact) mass is 191 g/mol. The fraction of sp³-hybridized carbons (Fsp3) is 0.286. The molecule has 2 rings (SSSR count). The van der Waals surface area contributed by atoms with Crippen molar-refractivity contribution in [3.63, 3.8) is 0 Å². The maximum atomic E-state index is 12.9. The number of aromatic nitrogens is 1. The summed E-state index contributed by atoms with van der Waals surface area (Å²) in [5.41, 5.74) is 1.23. The van der Waals surface area contributed by atoms with E-state index in [1.807, 2.05) is 0 Å². The zero-order valence-electron chi connectivity index (χ0n) is 7.06. The summed E-state index contributed by atoms with van der Waals surface area (Å²) in [5.74, 6) is 0.333. The molecule has 1 N–H and O–H groups in total. The van der Waals surface area contributed by atoms with Gasteiger partial charge in [-0.05, 0) is 13.1 Å². The first-order valence-corrected chi connectivity index (χ1v) is 3.35. The van der Waals surface area contributed by atoms with Crippen molar-refractivity contribution in [2.75, 3.05) is 6.67 Å². The number of halogens is 1. The molecule has 1 aliphatic heterocycles. The minimum Gasteiger partial charge on any atom is -0.460 e. The van der Waals surface area contributed by atoms with Gasteiger partial charge in [0.1, 0.15) is 5.82 Å². The SMILES string of the molecule is CC1=NC[N-]c2[nH]cc(F)c21.[K+]. The number of hydrogen-bond acceptors (Lipinski definition) is 1. The average molecular weight is 191 g/mol. The summed E-state index contributed by atoms with van der Waals surface area (Å²) in [6.45, 7) is 2.18. The van der Waals surface area contributed by atoms with Crippen molar-refractivity contribution >= 4 is 11.5 Å². The van der Waals surface area contributed by atoms with E-state index >= 15 is 0 Å².